The summed E-state index contributed by atoms with van der Waals surface area (Å²) < 4.78 is 45.0. The highest BCUT2D eigenvalue weighted by atomic mass is 79.9. The molecule has 0 saturated carbocycles. The van der Waals surface area contributed by atoms with Crippen LogP contribution in [0.3, 0.4) is 0 Å². The van der Waals surface area contributed by atoms with Crippen LogP contribution in [0.15, 0.2) is 34.9 Å². The molecule has 2 heterocycles. The molecule has 0 atom stereocenters. The minimum atomic E-state index is -4.51. The molecule has 11 heteroatoms. The summed E-state index contributed by atoms with van der Waals surface area (Å²) in [4.78, 5) is 12.3. The van der Waals surface area contributed by atoms with Gasteiger partial charge in [-0.05, 0) is 40.2 Å². The maximum absolute atomic E-state index is 12.9. The minimum Gasteiger partial charge on any atom is -0.503 e. The third-order valence-electron chi connectivity index (χ3n) is 3.72. The normalized spacial score (nSPS) is 11.6. The van der Waals surface area contributed by atoms with Gasteiger partial charge in [-0.3, -0.25) is 9.20 Å². The lowest BCUT2D eigenvalue weighted by molar-refractivity contribution is -0.137. The Hall–Kier alpha value is -2.82. The summed E-state index contributed by atoms with van der Waals surface area (Å²) in [7, 11) is 1.34. The van der Waals surface area contributed by atoms with Crippen LogP contribution < -0.4 is 10.1 Å². The van der Waals surface area contributed by atoms with Crippen LogP contribution in [0.2, 0.25) is 0 Å². The summed E-state index contributed by atoms with van der Waals surface area (Å²) in [6.07, 6.45) is -3.63. The smallest absolute Gasteiger partial charge is 0.417 e. The van der Waals surface area contributed by atoms with Crippen molar-refractivity contribution in [1.82, 2.24) is 19.9 Å². The Kier molecular flexibility index (Phi) is 4.96. The Balaban J connectivity index is 1.82. The number of nitrogens with zero attached hydrogens (tertiary/aromatic N) is 3. The van der Waals surface area contributed by atoms with E-state index >= 15 is 0 Å². The number of nitrogens with one attached hydrogen (secondary N) is 1. The van der Waals surface area contributed by atoms with Crippen molar-refractivity contribution in [3.05, 3.63) is 51.9 Å². The first-order valence-corrected chi connectivity index (χ1v) is 8.25. The first-order valence-electron chi connectivity index (χ1n) is 7.46. The van der Waals surface area contributed by atoms with E-state index in [1.54, 1.807) is 0 Å². The second-order valence-corrected chi connectivity index (χ2v) is 6.31. The number of carbonyl (C=O) groups is 1. The first kappa shape index (κ1) is 19.0. The van der Waals surface area contributed by atoms with Crippen LogP contribution in [0.5, 0.6) is 11.5 Å². The van der Waals surface area contributed by atoms with Crippen LogP contribution in [-0.2, 0) is 12.7 Å². The van der Waals surface area contributed by atoms with Gasteiger partial charge in [0, 0.05) is 11.8 Å². The number of alkyl halides is 3. The van der Waals surface area contributed by atoms with Crippen LogP contribution in [0.25, 0.3) is 5.65 Å². The lowest BCUT2D eigenvalue weighted by Gasteiger charge is -2.10. The average Bonchev–Trinajstić information content (AvgIpc) is 3.03. The predicted octanol–water partition coefficient (Wildman–Crippen LogP) is 3.15. The fourth-order valence-electron chi connectivity index (χ4n) is 2.35. The number of carbonyl (C=O) groups excluding carboxylic acids is 1. The zero-order valence-corrected chi connectivity index (χ0v) is 15.3. The van der Waals surface area contributed by atoms with Crippen molar-refractivity contribution < 1.29 is 27.8 Å². The molecule has 7 nitrogen and oxygen atoms in total. The van der Waals surface area contributed by atoms with Gasteiger partial charge in [-0.25, -0.2) is 0 Å². The van der Waals surface area contributed by atoms with Gasteiger partial charge < -0.3 is 15.2 Å². The molecule has 3 aromatic rings. The van der Waals surface area contributed by atoms with Gasteiger partial charge in [0.2, 0.25) is 0 Å². The van der Waals surface area contributed by atoms with Crippen molar-refractivity contribution in [2.45, 2.75) is 12.7 Å². The molecular weight excluding hydrogens is 433 g/mol. The van der Waals surface area contributed by atoms with Gasteiger partial charge in [0.05, 0.1) is 23.7 Å². The number of rotatable bonds is 4. The topological polar surface area (TPSA) is 88.8 Å². The summed E-state index contributed by atoms with van der Waals surface area (Å²) in [5.41, 5.74) is -0.447. The molecule has 1 aromatic carbocycles. The Morgan fingerprint density at radius 1 is 1.33 bits per heavy atom. The van der Waals surface area contributed by atoms with E-state index in [0.717, 1.165) is 16.7 Å². The lowest BCUT2D eigenvalue weighted by Crippen LogP contribution is -2.24. The number of benzene rings is 1. The van der Waals surface area contributed by atoms with Gasteiger partial charge >= 0.3 is 6.18 Å². The summed E-state index contributed by atoms with van der Waals surface area (Å²) in [6, 6.07) is 4.83. The van der Waals surface area contributed by atoms with E-state index in [9.17, 15) is 23.1 Å². The van der Waals surface area contributed by atoms with E-state index < -0.39 is 17.6 Å². The minimum absolute atomic E-state index is 0.0947. The van der Waals surface area contributed by atoms with Crippen LogP contribution in [0.4, 0.5) is 13.2 Å². The highest BCUT2D eigenvalue weighted by molar-refractivity contribution is 9.10. The number of phenolic OH excluding ortho intramolecular Hbond substituents is 1. The van der Waals surface area contributed by atoms with E-state index in [1.807, 2.05) is 0 Å². The van der Waals surface area contributed by atoms with Crippen LogP contribution >= 0.6 is 15.9 Å². The van der Waals surface area contributed by atoms with E-state index in [4.69, 9.17) is 4.74 Å². The summed E-state index contributed by atoms with van der Waals surface area (Å²) in [5, 5.41) is 19.9. The molecule has 27 heavy (non-hydrogen) atoms. The van der Waals surface area contributed by atoms with Gasteiger partial charge in [-0.15, -0.1) is 10.2 Å². The molecule has 2 aromatic heterocycles. The predicted molar refractivity (Wildman–Crippen MR) is 91.5 cm³/mol. The zero-order chi connectivity index (χ0) is 19.8. The largest absolute Gasteiger partial charge is 0.503 e. The molecule has 2 N–H and O–H groups in total. The van der Waals surface area contributed by atoms with Crippen LogP contribution in [0.1, 0.15) is 21.7 Å². The van der Waals surface area contributed by atoms with E-state index in [1.165, 1.54) is 25.3 Å². The number of methoxy groups -OCH3 is 1. The van der Waals surface area contributed by atoms with Gasteiger partial charge in [-0.2, -0.15) is 13.2 Å². The Morgan fingerprint density at radius 2 is 2.07 bits per heavy atom. The molecular formula is C16H12BrF3N4O3. The van der Waals surface area contributed by atoms with Gasteiger partial charge in [0.15, 0.2) is 23.0 Å². The quantitative estimate of drug-likeness (QED) is 0.645. The Labute approximate surface area is 158 Å². The number of fused-ring (bicyclic) bond motifs is 1. The maximum atomic E-state index is 12.9. The van der Waals surface area contributed by atoms with Crippen molar-refractivity contribution >= 4 is 27.5 Å². The van der Waals surface area contributed by atoms with Crippen molar-refractivity contribution in [1.29, 1.82) is 0 Å². The number of hydrogen-bond acceptors (Lipinski definition) is 5. The fourth-order valence-corrected chi connectivity index (χ4v) is 2.79. The van der Waals surface area contributed by atoms with Crippen molar-refractivity contribution in [2.75, 3.05) is 7.11 Å². The molecule has 3 rings (SSSR count). The number of pyridine rings is 1. The number of hydrogen-bond donors (Lipinski definition) is 2. The van der Waals surface area contributed by atoms with Gasteiger partial charge in [0.1, 0.15) is 0 Å². The fraction of sp³-hybridized carbons (Fsp3) is 0.188. The third kappa shape index (κ3) is 3.82. The summed E-state index contributed by atoms with van der Waals surface area (Å²) in [6.45, 7) is -0.151. The van der Waals surface area contributed by atoms with Crippen LogP contribution in [-0.4, -0.2) is 32.7 Å². The lowest BCUT2D eigenvalue weighted by atomic mass is 10.2. The van der Waals surface area contributed by atoms with Gasteiger partial charge in [0.25, 0.3) is 5.91 Å². The molecule has 0 saturated heterocycles. The molecule has 0 aliphatic heterocycles. The third-order valence-corrected chi connectivity index (χ3v) is 4.32. The monoisotopic (exact) mass is 444 g/mol. The van der Waals surface area contributed by atoms with Crippen LogP contribution in [0, 0.1) is 0 Å². The number of aromatic hydroxyl groups is 1. The second kappa shape index (κ2) is 7.06. The molecule has 142 valence electrons. The van der Waals surface area contributed by atoms with Gasteiger partial charge in [-0.1, -0.05) is 0 Å². The highest BCUT2D eigenvalue weighted by Crippen LogP contribution is 2.35. The van der Waals surface area contributed by atoms with E-state index in [0.29, 0.717) is 0 Å². The first-order chi connectivity index (χ1) is 12.7. The Bertz CT molecular complexity index is 1020. The van der Waals surface area contributed by atoms with Crippen molar-refractivity contribution in [3.8, 4) is 11.5 Å². The summed E-state index contributed by atoms with van der Waals surface area (Å²) in [5.74, 6) is -0.457. The molecule has 0 unspecified atom stereocenters. The van der Waals surface area contributed by atoms with Crippen molar-refractivity contribution in [3.63, 3.8) is 0 Å². The van der Waals surface area contributed by atoms with E-state index in [-0.39, 0.29) is 39.6 Å². The molecule has 0 bridgehead atoms. The molecule has 0 spiro atoms. The molecule has 0 aliphatic carbocycles. The molecule has 1 amide bonds. The zero-order valence-electron chi connectivity index (χ0n) is 13.7. The standard InChI is InChI=1S/C16H12BrF3N4O3/c1-27-11-5-8(4-10(17)14(11)25)15(26)21-6-13-23-22-12-3-2-9(7-24(12)13)16(18,19)20/h2-5,7,25H,6H2,1H3,(H,21,26). The highest BCUT2D eigenvalue weighted by Gasteiger charge is 2.31. The number of aromatic nitrogens is 3. The number of halogens is 4. The second-order valence-electron chi connectivity index (χ2n) is 5.45. The SMILES string of the molecule is COc1cc(C(=O)NCc2nnc3ccc(C(F)(F)F)cn23)cc(Br)c1O. The molecule has 0 aliphatic rings. The number of amides is 1. The number of ether oxygens (including phenoxy) is 1. The summed E-state index contributed by atoms with van der Waals surface area (Å²) >= 11 is 3.11. The maximum Gasteiger partial charge on any atom is 0.417 e. The number of phenols is 1. The molecule has 0 fully saturated rings. The Morgan fingerprint density at radius 3 is 2.74 bits per heavy atom. The average molecular weight is 445 g/mol. The van der Waals surface area contributed by atoms with Crippen molar-refractivity contribution in [2.24, 2.45) is 0 Å². The van der Waals surface area contributed by atoms with E-state index in [2.05, 4.69) is 31.4 Å². The molecule has 0 radical (unpaired) electrons.